The molecule has 0 radical (unpaired) electrons. The Hall–Kier alpha value is -1.14. The van der Waals surface area contributed by atoms with Crippen LogP contribution in [-0.2, 0) is 19.1 Å². The van der Waals surface area contributed by atoms with E-state index < -0.39 is 11.8 Å². The number of nitrogens with zero attached hydrogens (tertiary/aromatic N) is 1. The van der Waals surface area contributed by atoms with Crippen LogP contribution in [0.2, 0.25) is 0 Å². The summed E-state index contributed by atoms with van der Waals surface area (Å²) < 4.78 is 11.8. The minimum Gasteiger partial charge on any atom is -0.376 e. The van der Waals surface area contributed by atoms with E-state index in [1.807, 2.05) is 13.8 Å². The molecule has 1 aliphatic carbocycles. The van der Waals surface area contributed by atoms with Crippen LogP contribution in [0, 0.1) is 11.8 Å². The topological polar surface area (TPSA) is 67.9 Å². The van der Waals surface area contributed by atoms with Crippen molar-refractivity contribution in [2.24, 2.45) is 11.8 Å². The molecule has 3 fully saturated rings. The Kier molecular flexibility index (Phi) is 6.23. The smallest absolute Gasteiger partial charge is 0.245 e. The van der Waals surface area contributed by atoms with Crippen molar-refractivity contribution in [1.82, 2.24) is 10.2 Å². The number of carbonyl (C=O) groups excluding carboxylic acids is 2. The predicted molar refractivity (Wildman–Crippen MR) is 98.4 cm³/mol. The minimum absolute atomic E-state index is 0.0457. The molecule has 3 aliphatic rings. The molecule has 0 aromatic carbocycles. The largest absolute Gasteiger partial charge is 0.376 e. The van der Waals surface area contributed by atoms with Gasteiger partial charge in [-0.25, -0.2) is 0 Å². The van der Waals surface area contributed by atoms with Crippen LogP contribution in [0.4, 0.5) is 0 Å². The van der Waals surface area contributed by atoms with Gasteiger partial charge in [-0.2, -0.15) is 0 Å². The summed E-state index contributed by atoms with van der Waals surface area (Å²) in [4.78, 5) is 27.7. The number of hydrogen-bond acceptors (Lipinski definition) is 4. The lowest BCUT2D eigenvalue weighted by Crippen LogP contribution is -2.57. The summed E-state index contributed by atoms with van der Waals surface area (Å²) in [5, 5.41) is 3.00. The van der Waals surface area contributed by atoms with Gasteiger partial charge in [0.05, 0.1) is 12.7 Å². The van der Waals surface area contributed by atoms with E-state index in [1.54, 1.807) is 4.90 Å². The highest BCUT2D eigenvalue weighted by molar-refractivity contribution is 5.89. The number of nitrogens with one attached hydrogen (secondary N) is 1. The van der Waals surface area contributed by atoms with E-state index in [1.165, 1.54) is 0 Å². The third-order valence-electron chi connectivity index (χ3n) is 6.00. The van der Waals surface area contributed by atoms with E-state index in [0.717, 1.165) is 45.1 Å². The molecule has 1 saturated carbocycles. The Balaban J connectivity index is 1.70. The van der Waals surface area contributed by atoms with Gasteiger partial charge in [0.15, 0.2) is 0 Å². The molecular formula is C20H34N2O4. The zero-order valence-corrected chi connectivity index (χ0v) is 16.5. The molecule has 2 amide bonds. The molecule has 0 unspecified atom stereocenters. The molecule has 1 spiro atoms. The number of amides is 2. The fourth-order valence-electron chi connectivity index (χ4n) is 4.44. The molecule has 6 heteroatoms. The van der Waals surface area contributed by atoms with Crippen LogP contribution in [0.15, 0.2) is 0 Å². The highest BCUT2D eigenvalue weighted by Crippen LogP contribution is 2.42. The minimum atomic E-state index is -0.579. The fourth-order valence-corrected chi connectivity index (χ4v) is 4.44. The molecule has 3 rings (SSSR count). The van der Waals surface area contributed by atoms with Crippen LogP contribution in [0.3, 0.4) is 0 Å². The first-order chi connectivity index (χ1) is 12.4. The Labute approximate surface area is 157 Å². The molecule has 26 heavy (non-hydrogen) atoms. The van der Waals surface area contributed by atoms with Gasteiger partial charge in [-0.15, -0.1) is 0 Å². The van der Waals surface area contributed by atoms with Crippen molar-refractivity contribution in [2.75, 3.05) is 19.8 Å². The maximum Gasteiger partial charge on any atom is 0.245 e. The summed E-state index contributed by atoms with van der Waals surface area (Å²) in [5.41, 5.74) is -0.579. The summed E-state index contributed by atoms with van der Waals surface area (Å²) in [6, 6.07) is -0.518. The van der Waals surface area contributed by atoms with Gasteiger partial charge in [0.25, 0.3) is 0 Å². The van der Waals surface area contributed by atoms with Crippen molar-refractivity contribution < 1.29 is 19.1 Å². The second kappa shape index (κ2) is 8.26. The van der Waals surface area contributed by atoms with Crippen molar-refractivity contribution in [3.05, 3.63) is 0 Å². The highest BCUT2D eigenvalue weighted by atomic mass is 16.5. The Bertz CT molecular complexity index is 508. The standard InChI is InChI=1S/C20H34N2O4/c1-14(2)11-18(23)22-17(19(24)21-12-16-5-4-10-25-16)13-26-20(22)8-6-15(3)7-9-20/h14-17H,4-13H2,1-3H3,(H,21,24)/t15?,16-,17+,20?/m1/s1. The normalized spacial score (nSPS) is 34.6. The van der Waals surface area contributed by atoms with Crippen LogP contribution in [0.1, 0.15) is 65.7 Å². The van der Waals surface area contributed by atoms with Crippen LogP contribution in [0.25, 0.3) is 0 Å². The molecule has 2 heterocycles. The van der Waals surface area contributed by atoms with Gasteiger partial charge < -0.3 is 14.8 Å². The van der Waals surface area contributed by atoms with Crippen LogP contribution in [0.5, 0.6) is 0 Å². The lowest BCUT2D eigenvalue weighted by atomic mass is 9.83. The fraction of sp³-hybridized carbons (Fsp3) is 0.900. The summed E-state index contributed by atoms with van der Waals surface area (Å²) in [6.07, 6.45) is 6.32. The Morgan fingerprint density at radius 1 is 1.23 bits per heavy atom. The molecule has 0 aromatic rings. The molecule has 2 aliphatic heterocycles. The van der Waals surface area contributed by atoms with Gasteiger partial charge in [0.2, 0.25) is 11.8 Å². The lowest BCUT2D eigenvalue weighted by molar-refractivity contribution is -0.162. The second-order valence-corrected chi connectivity index (χ2v) is 8.70. The summed E-state index contributed by atoms with van der Waals surface area (Å²) in [6.45, 7) is 7.91. The zero-order chi connectivity index (χ0) is 18.7. The number of hydrogen-bond donors (Lipinski definition) is 1. The first kappa shape index (κ1) is 19.6. The van der Waals surface area contributed by atoms with Gasteiger partial charge in [-0.05, 0) is 50.4 Å². The molecule has 6 nitrogen and oxygen atoms in total. The number of ether oxygens (including phenoxy) is 2. The number of carbonyl (C=O) groups is 2. The van der Waals surface area contributed by atoms with Gasteiger partial charge >= 0.3 is 0 Å². The molecule has 2 atom stereocenters. The van der Waals surface area contributed by atoms with Crippen molar-refractivity contribution in [3.8, 4) is 0 Å². The highest BCUT2D eigenvalue weighted by Gasteiger charge is 2.53. The predicted octanol–water partition coefficient (Wildman–Crippen LogP) is 2.46. The van der Waals surface area contributed by atoms with Gasteiger partial charge in [-0.3, -0.25) is 14.5 Å². The summed E-state index contributed by atoms with van der Waals surface area (Å²) in [5.74, 6) is 0.856. The molecule has 1 N–H and O–H groups in total. The third kappa shape index (κ3) is 4.22. The van der Waals surface area contributed by atoms with Crippen molar-refractivity contribution in [2.45, 2.75) is 83.6 Å². The van der Waals surface area contributed by atoms with E-state index >= 15 is 0 Å². The van der Waals surface area contributed by atoms with E-state index in [2.05, 4.69) is 12.2 Å². The summed E-state index contributed by atoms with van der Waals surface area (Å²) in [7, 11) is 0. The van der Waals surface area contributed by atoms with Crippen molar-refractivity contribution >= 4 is 11.8 Å². The van der Waals surface area contributed by atoms with Crippen molar-refractivity contribution in [1.29, 1.82) is 0 Å². The Morgan fingerprint density at radius 3 is 2.58 bits per heavy atom. The average Bonchev–Trinajstić information content (AvgIpc) is 3.23. The van der Waals surface area contributed by atoms with Crippen molar-refractivity contribution in [3.63, 3.8) is 0 Å². The molecule has 2 saturated heterocycles. The van der Waals surface area contributed by atoms with Crippen LogP contribution in [-0.4, -0.2) is 54.3 Å². The molecule has 0 bridgehead atoms. The van der Waals surface area contributed by atoms with E-state index in [9.17, 15) is 9.59 Å². The van der Waals surface area contributed by atoms with Gasteiger partial charge in [-0.1, -0.05) is 20.8 Å². The average molecular weight is 367 g/mol. The van der Waals surface area contributed by atoms with Gasteiger partial charge in [0.1, 0.15) is 11.8 Å². The van der Waals surface area contributed by atoms with E-state index in [0.29, 0.717) is 25.5 Å². The monoisotopic (exact) mass is 366 g/mol. The SMILES string of the molecule is CC(C)CC(=O)N1[C@H](C(=O)NC[C@H]2CCCO2)COC12CCC(C)CC2. The number of rotatable bonds is 5. The maximum atomic E-state index is 13.0. The molecule has 0 aromatic heterocycles. The maximum absolute atomic E-state index is 13.0. The van der Waals surface area contributed by atoms with Crippen LogP contribution < -0.4 is 5.32 Å². The third-order valence-corrected chi connectivity index (χ3v) is 6.00. The lowest BCUT2D eigenvalue weighted by Gasteiger charge is -2.43. The molecule has 148 valence electrons. The Morgan fingerprint density at radius 2 is 1.96 bits per heavy atom. The second-order valence-electron chi connectivity index (χ2n) is 8.70. The first-order valence-electron chi connectivity index (χ1n) is 10.3. The van der Waals surface area contributed by atoms with E-state index in [4.69, 9.17) is 9.47 Å². The summed E-state index contributed by atoms with van der Waals surface area (Å²) >= 11 is 0. The first-order valence-corrected chi connectivity index (χ1v) is 10.3. The van der Waals surface area contributed by atoms with E-state index in [-0.39, 0.29) is 23.8 Å². The quantitative estimate of drug-likeness (QED) is 0.812. The van der Waals surface area contributed by atoms with Gasteiger partial charge in [0, 0.05) is 19.6 Å². The van der Waals surface area contributed by atoms with Crippen LogP contribution >= 0.6 is 0 Å². The molecular weight excluding hydrogens is 332 g/mol. The zero-order valence-electron chi connectivity index (χ0n) is 16.5.